The van der Waals surface area contributed by atoms with Gasteiger partial charge in [-0.25, -0.2) is 9.99 Å². The first-order valence-corrected chi connectivity index (χ1v) is 5.80. The summed E-state index contributed by atoms with van der Waals surface area (Å²) >= 11 is 5.86. The van der Waals surface area contributed by atoms with Crippen molar-refractivity contribution in [2.45, 2.75) is 13.0 Å². The van der Waals surface area contributed by atoms with Crippen molar-refractivity contribution in [3.05, 3.63) is 29.1 Å². The number of aromatic nitrogens is 1. The van der Waals surface area contributed by atoms with Crippen LogP contribution in [0.5, 0.6) is 5.75 Å². The maximum Gasteiger partial charge on any atom is 0.132 e. The average molecular weight is 254 g/mol. The lowest BCUT2D eigenvalue weighted by Gasteiger charge is -2.27. The fourth-order valence-corrected chi connectivity index (χ4v) is 2.07. The summed E-state index contributed by atoms with van der Waals surface area (Å²) in [6, 6.07) is 2.09. The molecule has 0 spiro atoms. The van der Waals surface area contributed by atoms with Gasteiger partial charge < -0.3 is 9.75 Å². The molecule has 1 unspecified atom stereocenters. The summed E-state index contributed by atoms with van der Waals surface area (Å²) < 4.78 is 5.35. The van der Waals surface area contributed by atoms with Gasteiger partial charge >= 0.3 is 0 Å². The van der Waals surface area contributed by atoms with Gasteiger partial charge in [0.2, 0.25) is 0 Å². The van der Waals surface area contributed by atoms with E-state index in [1.165, 1.54) is 0 Å². The molecule has 0 bridgehead atoms. The maximum absolute atomic E-state index is 5.86. The number of hydrazine groups is 1. The van der Waals surface area contributed by atoms with Crippen LogP contribution in [0.25, 0.3) is 5.70 Å². The Morgan fingerprint density at radius 2 is 2.12 bits per heavy atom. The highest BCUT2D eigenvalue weighted by atomic mass is 35.5. The number of hydrogen-bond donors (Lipinski definition) is 0. The van der Waals surface area contributed by atoms with E-state index < -0.39 is 0 Å². The van der Waals surface area contributed by atoms with Crippen molar-refractivity contribution in [3.8, 4) is 5.75 Å². The highest BCUT2D eigenvalue weighted by Gasteiger charge is 2.26. The van der Waals surface area contributed by atoms with Crippen LogP contribution in [0, 0.1) is 0 Å². The average Bonchev–Trinajstić information content (AvgIpc) is 2.57. The second-order valence-electron chi connectivity index (χ2n) is 4.10. The summed E-state index contributed by atoms with van der Waals surface area (Å²) in [7, 11) is 5.70. The Balaban J connectivity index is 2.44. The first kappa shape index (κ1) is 12.2. The molecule has 0 saturated heterocycles. The van der Waals surface area contributed by atoms with Gasteiger partial charge in [-0.15, -0.1) is 0 Å². The molecule has 0 aliphatic carbocycles. The topological polar surface area (TPSA) is 28.6 Å². The van der Waals surface area contributed by atoms with E-state index in [2.05, 4.69) is 28.0 Å². The van der Waals surface area contributed by atoms with E-state index in [4.69, 9.17) is 16.3 Å². The smallest absolute Gasteiger partial charge is 0.132 e. The van der Waals surface area contributed by atoms with E-state index in [9.17, 15) is 0 Å². The van der Waals surface area contributed by atoms with E-state index in [1.807, 2.05) is 14.1 Å². The summed E-state index contributed by atoms with van der Waals surface area (Å²) in [5, 5.41) is 4.66. The zero-order valence-electron chi connectivity index (χ0n) is 10.4. The number of nitrogens with zero attached hydrogens (tertiary/aromatic N) is 3. The molecule has 0 aromatic carbocycles. The molecule has 0 fully saturated rings. The number of likely N-dealkylation sites (N-methyl/N-ethyl adjacent to an activating group) is 1. The summed E-state index contributed by atoms with van der Waals surface area (Å²) in [5.74, 6) is 0.741. The minimum Gasteiger partial charge on any atom is -0.496 e. The molecule has 2 heterocycles. The molecule has 1 aromatic heterocycles. The second kappa shape index (κ2) is 4.55. The number of hydrogen-bond acceptors (Lipinski definition) is 4. The number of rotatable bonds is 2. The first-order chi connectivity index (χ1) is 8.04. The third-order valence-corrected chi connectivity index (χ3v) is 3.35. The third-order valence-electron chi connectivity index (χ3n) is 3.14. The van der Waals surface area contributed by atoms with Crippen LogP contribution in [0.2, 0.25) is 5.15 Å². The van der Waals surface area contributed by atoms with Gasteiger partial charge in [0.1, 0.15) is 10.9 Å². The second-order valence-corrected chi connectivity index (χ2v) is 4.48. The Bertz CT molecular complexity index is 461. The molecule has 5 heteroatoms. The Hall–Kier alpha value is -1.26. The number of pyridine rings is 1. The Kier molecular flexibility index (Phi) is 3.26. The van der Waals surface area contributed by atoms with Gasteiger partial charge in [-0.2, -0.15) is 0 Å². The Morgan fingerprint density at radius 1 is 1.41 bits per heavy atom. The zero-order valence-corrected chi connectivity index (χ0v) is 11.2. The van der Waals surface area contributed by atoms with Gasteiger partial charge in [0.15, 0.2) is 0 Å². The molecule has 1 aromatic rings. The van der Waals surface area contributed by atoms with Gasteiger partial charge in [-0.3, -0.25) is 0 Å². The molecule has 1 aliphatic rings. The van der Waals surface area contributed by atoms with Crippen LogP contribution in [-0.4, -0.2) is 42.2 Å². The van der Waals surface area contributed by atoms with Crippen molar-refractivity contribution in [1.29, 1.82) is 0 Å². The molecule has 4 nitrogen and oxygen atoms in total. The normalized spacial score (nSPS) is 20.6. The molecule has 0 saturated carbocycles. The molecular weight excluding hydrogens is 238 g/mol. The number of methoxy groups -OCH3 is 1. The number of ether oxygens (including phenoxy) is 1. The highest BCUT2D eigenvalue weighted by Crippen LogP contribution is 2.33. The Labute approximate surface area is 106 Å². The van der Waals surface area contributed by atoms with E-state index in [-0.39, 0.29) is 0 Å². The van der Waals surface area contributed by atoms with Crippen LogP contribution < -0.4 is 4.74 Å². The van der Waals surface area contributed by atoms with Gasteiger partial charge in [-0.05, 0) is 13.0 Å². The van der Waals surface area contributed by atoms with Crippen molar-refractivity contribution in [2.24, 2.45) is 0 Å². The maximum atomic E-state index is 5.86. The molecule has 92 valence electrons. The fourth-order valence-electron chi connectivity index (χ4n) is 1.93. The molecule has 0 N–H and O–H groups in total. The predicted molar refractivity (Wildman–Crippen MR) is 68.8 cm³/mol. The highest BCUT2D eigenvalue weighted by molar-refractivity contribution is 6.29. The van der Waals surface area contributed by atoms with Crippen LogP contribution in [-0.2, 0) is 0 Å². The molecule has 1 aliphatic heterocycles. The molecular formula is C12H16ClN3O. The summed E-state index contributed by atoms with van der Waals surface area (Å²) in [4.78, 5) is 4.12. The SMILES string of the molecule is COc1cc(Cl)ncc1C1=CC(C)N(C)N1C. The minimum absolute atomic E-state index is 0.357. The molecule has 0 radical (unpaired) electrons. The molecule has 17 heavy (non-hydrogen) atoms. The van der Waals surface area contributed by atoms with Crippen molar-refractivity contribution in [3.63, 3.8) is 0 Å². The summed E-state index contributed by atoms with van der Waals surface area (Å²) in [5.41, 5.74) is 2.04. The molecule has 0 amide bonds. The summed E-state index contributed by atoms with van der Waals surface area (Å²) in [6.07, 6.45) is 3.92. The molecule has 2 rings (SSSR count). The standard InChI is InChI=1S/C12H16ClN3O/c1-8-5-10(16(3)15(8)2)9-7-14-12(13)6-11(9)17-4/h5-8H,1-4H3. The van der Waals surface area contributed by atoms with E-state index in [1.54, 1.807) is 19.4 Å². The van der Waals surface area contributed by atoms with Gasteiger partial charge in [0.25, 0.3) is 0 Å². The van der Waals surface area contributed by atoms with Crippen LogP contribution in [0.4, 0.5) is 0 Å². The lowest BCUT2D eigenvalue weighted by Crippen LogP contribution is -2.34. The van der Waals surface area contributed by atoms with Crippen molar-refractivity contribution in [1.82, 2.24) is 15.0 Å². The van der Waals surface area contributed by atoms with Crippen LogP contribution in [0.1, 0.15) is 12.5 Å². The van der Waals surface area contributed by atoms with Gasteiger partial charge in [0.05, 0.1) is 18.4 Å². The lowest BCUT2D eigenvalue weighted by molar-refractivity contribution is 0.0904. The quantitative estimate of drug-likeness (QED) is 0.756. The van der Waals surface area contributed by atoms with Crippen LogP contribution in [0.3, 0.4) is 0 Å². The predicted octanol–water partition coefficient (Wildman–Crippen LogP) is 2.27. The summed E-state index contributed by atoms with van der Waals surface area (Å²) in [6.45, 7) is 2.14. The van der Waals surface area contributed by atoms with Crippen molar-refractivity contribution < 1.29 is 4.74 Å². The van der Waals surface area contributed by atoms with Crippen LogP contribution >= 0.6 is 11.6 Å². The van der Waals surface area contributed by atoms with Gasteiger partial charge in [-0.1, -0.05) is 11.6 Å². The number of halogens is 1. The Morgan fingerprint density at radius 3 is 2.65 bits per heavy atom. The fraction of sp³-hybridized carbons (Fsp3) is 0.417. The minimum atomic E-state index is 0.357. The molecule has 1 atom stereocenters. The third kappa shape index (κ3) is 2.10. The van der Waals surface area contributed by atoms with Crippen LogP contribution in [0.15, 0.2) is 18.3 Å². The van der Waals surface area contributed by atoms with E-state index >= 15 is 0 Å². The lowest BCUT2D eigenvalue weighted by atomic mass is 10.1. The largest absolute Gasteiger partial charge is 0.496 e. The monoisotopic (exact) mass is 253 g/mol. The first-order valence-electron chi connectivity index (χ1n) is 5.42. The van der Waals surface area contributed by atoms with Crippen molar-refractivity contribution in [2.75, 3.05) is 21.2 Å². The van der Waals surface area contributed by atoms with E-state index in [0.29, 0.717) is 11.2 Å². The van der Waals surface area contributed by atoms with Crippen molar-refractivity contribution >= 4 is 17.3 Å². The van der Waals surface area contributed by atoms with E-state index in [0.717, 1.165) is 17.0 Å². The zero-order chi connectivity index (χ0) is 12.6. The van der Waals surface area contributed by atoms with Gasteiger partial charge in [0, 0.05) is 32.4 Å².